The van der Waals surface area contributed by atoms with E-state index in [-0.39, 0.29) is 22.6 Å². The molecule has 0 aromatic heterocycles. The Morgan fingerprint density at radius 1 is 0.838 bits per heavy atom. The fourth-order valence-electron chi connectivity index (χ4n) is 5.04. The van der Waals surface area contributed by atoms with Gasteiger partial charge in [-0.2, -0.15) is 4.39 Å². The lowest BCUT2D eigenvalue weighted by atomic mass is 9.78. The maximum Gasteiger partial charge on any atom is 0.343 e. The summed E-state index contributed by atoms with van der Waals surface area (Å²) in [4.78, 5) is 12.5. The van der Waals surface area contributed by atoms with Crippen LogP contribution < -0.4 is 4.74 Å². The highest BCUT2D eigenvalue weighted by Gasteiger charge is 2.31. The minimum atomic E-state index is -1.27. The predicted octanol–water partition coefficient (Wildman–Crippen LogP) is 8.05. The van der Waals surface area contributed by atoms with Crippen molar-refractivity contribution in [3.63, 3.8) is 0 Å². The van der Waals surface area contributed by atoms with Crippen molar-refractivity contribution in [3.8, 4) is 16.9 Å². The van der Waals surface area contributed by atoms with E-state index >= 15 is 8.78 Å². The van der Waals surface area contributed by atoms with Gasteiger partial charge in [0.2, 0.25) is 5.82 Å². The van der Waals surface area contributed by atoms with Crippen molar-refractivity contribution in [1.29, 1.82) is 0 Å². The van der Waals surface area contributed by atoms with Gasteiger partial charge >= 0.3 is 5.97 Å². The number of hydrogen-bond acceptors (Lipinski definition) is 3. The number of benzene rings is 3. The summed E-state index contributed by atoms with van der Waals surface area (Å²) < 4.78 is 68.6. The second kappa shape index (κ2) is 10.5. The van der Waals surface area contributed by atoms with Gasteiger partial charge in [0, 0.05) is 11.1 Å². The molecule has 1 unspecified atom stereocenters. The van der Waals surface area contributed by atoms with Gasteiger partial charge in [-0.25, -0.2) is 18.0 Å². The van der Waals surface area contributed by atoms with Crippen LogP contribution in [0.2, 0.25) is 0 Å². The van der Waals surface area contributed by atoms with Crippen LogP contribution in [0, 0.1) is 29.2 Å². The highest BCUT2D eigenvalue weighted by atomic mass is 19.2. The van der Waals surface area contributed by atoms with E-state index in [9.17, 15) is 13.6 Å². The van der Waals surface area contributed by atoms with Crippen LogP contribution in [0.15, 0.2) is 60.7 Å². The lowest BCUT2D eigenvalue weighted by molar-refractivity contribution is 0.0726. The van der Waals surface area contributed by atoms with E-state index in [2.05, 4.69) is 6.08 Å². The molecule has 0 spiro atoms. The first-order valence-corrected chi connectivity index (χ1v) is 12.4. The number of hydrogen-bond donors (Lipinski definition) is 0. The molecule has 1 saturated heterocycles. The first-order valence-electron chi connectivity index (χ1n) is 12.4. The van der Waals surface area contributed by atoms with Crippen molar-refractivity contribution in [1.82, 2.24) is 0 Å². The van der Waals surface area contributed by atoms with Crippen LogP contribution in [0.4, 0.5) is 17.6 Å². The molecule has 0 amide bonds. The Morgan fingerprint density at radius 2 is 1.49 bits per heavy atom. The summed E-state index contributed by atoms with van der Waals surface area (Å²) in [5, 5.41) is 0. The molecule has 37 heavy (non-hydrogen) atoms. The van der Waals surface area contributed by atoms with E-state index in [1.165, 1.54) is 36.4 Å². The van der Waals surface area contributed by atoms with Gasteiger partial charge in [0.25, 0.3) is 0 Å². The van der Waals surface area contributed by atoms with E-state index in [0.717, 1.165) is 25.7 Å². The second-order valence-corrected chi connectivity index (χ2v) is 9.54. The maximum atomic E-state index is 15.1. The third kappa shape index (κ3) is 5.18. The van der Waals surface area contributed by atoms with E-state index in [1.807, 2.05) is 13.0 Å². The predicted molar refractivity (Wildman–Crippen MR) is 131 cm³/mol. The van der Waals surface area contributed by atoms with Gasteiger partial charge in [-0.15, -0.1) is 0 Å². The molecule has 1 atom stereocenters. The molecule has 1 aliphatic heterocycles. The molecule has 2 fully saturated rings. The molecule has 0 radical (unpaired) electrons. The van der Waals surface area contributed by atoms with Crippen LogP contribution in [0.25, 0.3) is 11.1 Å². The number of rotatable bonds is 6. The summed E-state index contributed by atoms with van der Waals surface area (Å²) in [5.41, 5.74) is 0.975. The standard InChI is InChI=1S/C30H26F4O3/c1-2-3-17-4-6-18(7-5-17)21-12-13-22(27(32)26(21)31)19-8-10-20(11-9-19)30(35)37-24-15-14-23(25-16-36-25)28(33)29(24)34/h2-3,8-15,17-18,25H,4-7,16H2,1H3/b3-2+. The minimum absolute atomic E-state index is 0.0155. The molecule has 3 nitrogen and oxygen atoms in total. The Bertz CT molecular complexity index is 1340. The Balaban J connectivity index is 1.29. The highest BCUT2D eigenvalue weighted by molar-refractivity contribution is 5.91. The molecule has 1 aliphatic carbocycles. The highest BCUT2D eigenvalue weighted by Crippen LogP contribution is 2.39. The van der Waals surface area contributed by atoms with Crippen LogP contribution in [0.1, 0.15) is 66.1 Å². The molecule has 0 N–H and O–H groups in total. The third-order valence-corrected chi connectivity index (χ3v) is 7.18. The largest absolute Gasteiger partial charge is 0.420 e. The van der Waals surface area contributed by atoms with E-state index < -0.39 is 41.1 Å². The third-order valence-electron chi connectivity index (χ3n) is 7.18. The Labute approximate surface area is 212 Å². The van der Waals surface area contributed by atoms with E-state index in [4.69, 9.17) is 9.47 Å². The van der Waals surface area contributed by atoms with Gasteiger partial charge in [-0.05, 0) is 79.8 Å². The number of allylic oxidation sites excluding steroid dienone is 2. The van der Waals surface area contributed by atoms with Gasteiger partial charge < -0.3 is 9.47 Å². The first kappa shape index (κ1) is 25.2. The van der Waals surface area contributed by atoms with Crippen molar-refractivity contribution >= 4 is 5.97 Å². The Morgan fingerprint density at radius 3 is 2.14 bits per heavy atom. The zero-order valence-corrected chi connectivity index (χ0v) is 20.3. The molecule has 5 rings (SSSR count). The van der Waals surface area contributed by atoms with Gasteiger partial charge in [-0.3, -0.25) is 0 Å². The smallest absolute Gasteiger partial charge is 0.343 e. The molecule has 3 aromatic carbocycles. The number of esters is 1. The molecule has 2 aliphatic rings. The van der Waals surface area contributed by atoms with Gasteiger partial charge in [0.15, 0.2) is 23.2 Å². The summed E-state index contributed by atoms with van der Waals surface area (Å²) >= 11 is 0. The van der Waals surface area contributed by atoms with Gasteiger partial charge in [0.05, 0.1) is 12.2 Å². The normalized spacial score (nSPS) is 21.3. The number of ether oxygens (including phenoxy) is 2. The summed E-state index contributed by atoms with van der Waals surface area (Å²) in [5.74, 6) is -5.13. The lowest BCUT2D eigenvalue weighted by Crippen LogP contribution is -2.13. The van der Waals surface area contributed by atoms with Crippen LogP contribution >= 0.6 is 0 Å². The summed E-state index contributed by atoms with van der Waals surface area (Å²) in [6.07, 6.45) is 7.24. The molecule has 1 saturated carbocycles. The maximum absolute atomic E-state index is 15.1. The first-order chi connectivity index (χ1) is 17.9. The lowest BCUT2D eigenvalue weighted by Gasteiger charge is -2.27. The summed E-state index contributed by atoms with van der Waals surface area (Å²) in [6.45, 7) is 2.30. The fourth-order valence-corrected chi connectivity index (χ4v) is 5.04. The van der Waals surface area contributed by atoms with Crippen molar-refractivity contribution in [2.75, 3.05) is 6.61 Å². The molecular formula is C30H26F4O3. The van der Waals surface area contributed by atoms with Crippen LogP contribution in [-0.4, -0.2) is 12.6 Å². The zero-order chi connectivity index (χ0) is 26.1. The van der Waals surface area contributed by atoms with E-state index in [0.29, 0.717) is 23.7 Å². The second-order valence-electron chi connectivity index (χ2n) is 9.54. The number of halogens is 4. The number of carbonyl (C=O) groups excluding carboxylic acids is 1. The Kier molecular flexibility index (Phi) is 7.15. The molecule has 7 heteroatoms. The quantitative estimate of drug-likeness (QED) is 0.111. The van der Waals surface area contributed by atoms with Crippen molar-refractivity contribution in [2.45, 2.75) is 44.6 Å². The molecule has 3 aromatic rings. The SMILES string of the molecule is C/C=C/C1CCC(c2ccc(-c3ccc(C(=O)Oc4ccc(C5CO5)c(F)c4F)cc3)c(F)c2F)CC1. The van der Waals surface area contributed by atoms with E-state index in [1.54, 1.807) is 12.1 Å². The van der Waals surface area contributed by atoms with Crippen LogP contribution in [0.3, 0.4) is 0 Å². The molecule has 0 bridgehead atoms. The number of epoxide rings is 1. The van der Waals surface area contributed by atoms with Gasteiger partial charge in [0.1, 0.15) is 6.10 Å². The van der Waals surface area contributed by atoms with Gasteiger partial charge in [-0.1, -0.05) is 36.4 Å². The fraction of sp³-hybridized carbons (Fsp3) is 0.300. The van der Waals surface area contributed by atoms with Crippen LogP contribution in [-0.2, 0) is 4.74 Å². The molecule has 1 heterocycles. The van der Waals surface area contributed by atoms with Crippen molar-refractivity contribution < 1.29 is 31.8 Å². The van der Waals surface area contributed by atoms with Crippen molar-refractivity contribution in [2.24, 2.45) is 5.92 Å². The average molecular weight is 511 g/mol. The minimum Gasteiger partial charge on any atom is -0.420 e. The summed E-state index contributed by atoms with van der Waals surface area (Å²) in [6, 6.07) is 11.3. The molecule has 192 valence electrons. The monoisotopic (exact) mass is 510 g/mol. The Hall–Kier alpha value is -3.45. The van der Waals surface area contributed by atoms with Crippen LogP contribution in [0.5, 0.6) is 5.75 Å². The average Bonchev–Trinajstić information content (AvgIpc) is 3.75. The van der Waals surface area contributed by atoms with Crippen molar-refractivity contribution in [3.05, 3.63) is 101 Å². The number of carbonyl (C=O) groups is 1. The summed E-state index contributed by atoms with van der Waals surface area (Å²) in [7, 11) is 0. The topological polar surface area (TPSA) is 38.8 Å². The molecular weight excluding hydrogens is 484 g/mol. The zero-order valence-electron chi connectivity index (χ0n) is 20.3.